The van der Waals surface area contributed by atoms with Gasteiger partial charge in [0.05, 0.1) is 23.5 Å². The highest BCUT2D eigenvalue weighted by Gasteiger charge is 2.01. The molecule has 5 heteroatoms. The molecule has 0 radical (unpaired) electrons. The number of halogens is 2. The van der Waals surface area contributed by atoms with E-state index < -0.39 is 5.82 Å². The molecule has 1 heterocycles. The number of nitrogens with zero attached hydrogens (tertiary/aromatic N) is 2. The Bertz CT molecular complexity index is 607. The molecule has 1 aromatic heterocycles. The normalized spacial score (nSPS) is 9.83. The maximum atomic E-state index is 13.2. The van der Waals surface area contributed by atoms with Crippen molar-refractivity contribution in [3.8, 4) is 6.07 Å². The quantitative estimate of drug-likeness (QED) is 0.944. The SMILES string of the molecule is N#Cc1cc(F)cc(CNc2cncc(Br)c2)c1. The monoisotopic (exact) mass is 305 g/mol. The maximum absolute atomic E-state index is 13.2. The number of pyridine rings is 1. The topological polar surface area (TPSA) is 48.7 Å². The summed E-state index contributed by atoms with van der Waals surface area (Å²) in [6.07, 6.45) is 3.36. The first-order valence-electron chi connectivity index (χ1n) is 5.21. The van der Waals surface area contributed by atoms with Gasteiger partial charge < -0.3 is 5.32 Å². The van der Waals surface area contributed by atoms with Crippen molar-refractivity contribution in [2.24, 2.45) is 0 Å². The van der Waals surface area contributed by atoms with Crippen LogP contribution in [0.15, 0.2) is 41.1 Å². The summed E-state index contributed by atoms with van der Waals surface area (Å²) in [5.41, 5.74) is 1.86. The molecular formula is C13H9BrFN3. The number of nitrogens with one attached hydrogen (secondary N) is 1. The van der Waals surface area contributed by atoms with Crippen LogP contribution in [-0.4, -0.2) is 4.98 Å². The third-order valence-electron chi connectivity index (χ3n) is 2.29. The number of hydrogen-bond acceptors (Lipinski definition) is 3. The molecule has 90 valence electrons. The van der Waals surface area contributed by atoms with Crippen LogP contribution in [0.3, 0.4) is 0 Å². The first-order chi connectivity index (χ1) is 8.67. The van der Waals surface area contributed by atoms with Crippen molar-refractivity contribution in [3.05, 3.63) is 58.1 Å². The van der Waals surface area contributed by atoms with Gasteiger partial charge >= 0.3 is 0 Å². The average Bonchev–Trinajstić information content (AvgIpc) is 2.36. The first kappa shape index (κ1) is 12.5. The third kappa shape index (κ3) is 3.28. The Kier molecular flexibility index (Phi) is 3.90. The highest BCUT2D eigenvalue weighted by Crippen LogP contribution is 2.15. The van der Waals surface area contributed by atoms with Gasteiger partial charge in [0, 0.05) is 17.2 Å². The molecule has 0 atom stereocenters. The van der Waals surface area contributed by atoms with Gasteiger partial charge in [-0.1, -0.05) is 0 Å². The Hall–Kier alpha value is -1.93. The number of benzene rings is 1. The lowest BCUT2D eigenvalue weighted by Crippen LogP contribution is -2.00. The molecule has 0 aliphatic carbocycles. The van der Waals surface area contributed by atoms with E-state index in [9.17, 15) is 4.39 Å². The van der Waals surface area contributed by atoms with E-state index in [1.807, 2.05) is 12.1 Å². The molecule has 0 spiro atoms. The lowest BCUT2D eigenvalue weighted by Gasteiger charge is -2.07. The minimum absolute atomic E-state index is 0.319. The summed E-state index contributed by atoms with van der Waals surface area (Å²) in [5, 5.41) is 11.9. The van der Waals surface area contributed by atoms with Gasteiger partial charge in [-0.15, -0.1) is 0 Å². The minimum atomic E-state index is -0.404. The molecule has 0 aliphatic rings. The molecule has 0 amide bonds. The van der Waals surface area contributed by atoms with Crippen LogP contribution in [-0.2, 0) is 6.54 Å². The van der Waals surface area contributed by atoms with Gasteiger partial charge in [-0.2, -0.15) is 5.26 Å². The van der Waals surface area contributed by atoms with Crippen molar-refractivity contribution in [2.75, 3.05) is 5.32 Å². The molecule has 18 heavy (non-hydrogen) atoms. The molecule has 1 N–H and O–H groups in total. The van der Waals surface area contributed by atoms with Crippen LogP contribution in [0.5, 0.6) is 0 Å². The van der Waals surface area contributed by atoms with Gasteiger partial charge in [-0.25, -0.2) is 4.39 Å². The largest absolute Gasteiger partial charge is 0.380 e. The van der Waals surface area contributed by atoms with Crippen LogP contribution in [0.1, 0.15) is 11.1 Å². The van der Waals surface area contributed by atoms with E-state index in [-0.39, 0.29) is 0 Å². The second-order valence-electron chi connectivity index (χ2n) is 3.71. The summed E-state index contributed by atoms with van der Waals surface area (Å²) in [6, 6.07) is 8.07. The van der Waals surface area contributed by atoms with E-state index in [0.717, 1.165) is 10.2 Å². The summed E-state index contributed by atoms with van der Waals surface area (Å²) in [4.78, 5) is 4.01. The minimum Gasteiger partial charge on any atom is -0.380 e. The van der Waals surface area contributed by atoms with Crippen LogP contribution in [0, 0.1) is 17.1 Å². The predicted octanol–water partition coefficient (Wildman–Crippen LogP) is 3.47. The highest BCUT2D eigenvalue weighted by atomic mass is 79.9. The van der Waals surface area contributed by atoms with Crippen molar-refractivity contribution >= 4 is 21.6 Å². The second-order valence-corrected chi connectivity index (χ2v) is 4.62. The number of aromatic nitrogens is 1. The number of nitriles is 1. The molecule has 2 rings (SSSR count). The fourth-order valence-corrected chi connectivity index (χ4v) is 1.89. The van der Waals surface area contributed by atoms with Crippen molar-refractivity contribution < 1.29 is 4.39 Å². The molecule has 0 fully saturated rings. The lowest BCUT2D eigenvalue weighted by molar-refractivity contribution is 0.625. The molecule has 0 bridgehead atoms. The molecule has 0 aliphatic heterocycles. The van der Waals surface area contributed by atoms with Crippen molar-refractivity contribution in [3.63, 3.8) is 0 Å². The average molecular weight is 306 g/mol. The van der Waals surface area contributed by atoms with Gasteiger partial charge in [0.25, 0.3) is 0 Å². The van der Waals surface area contributed by atoms with Crippen molar-refractivity contribution in [1.29, 1.82) is 5.26 Å². The van der Waals surface area contributed by atoms with E-state index in [2.05, 4.69) is 26.2 Å². The second kappa shape index (κ2) is 5.61. The van der Waals surface area contributed by atoms with E-state index >= 15 is 0 Å². The van der Waals surface area contributed by atoms with Crippen LogP contribution < -0.4 is 5.32 Å². The van der Waals surface area contributed by atoms with Gasteiger partial charge in [0.2, 0.25) is 0 Å². The van der Waals surface area contributed by atoms with E-state index in [4.69, 9.17) is 5.26 Å². The maximum Gasteiger partial charge on any atom is 0.124 e. The number of rotatable bonds is 3. The Labute approximate surface area is 112 Å². The van der Waals surface area contributed by atoms with Gasteiger partial charge in [-0.05, 0) is 45.8 Å². The summed E-state index contributed by atoms with van der Waals surface area (Å²) in [5.74, 6) is -0.404. The van der Waals surface area contributed by atoms with Crippen molar-refractivity contribution in [2.45, 2.75) is 6.54 Å². The summed E-state index contributed by atoms with van der Waals surface area (Å²) >= 11 is 3.32. The van der Waals surface area contributed by atoms with Crippen LogP contribution >= 0.6 is 15.9 Å². The number of hydrogen-bond donors (Lipinski definition) is 1. The molecular weight excluding hydrogens is 297 g/mol. The van der Waals surface area contributed by atoms with Crippen LogP contribution in [0.4, 0.5) is 10.1 Å². The highest BCUT2D eigenvalue weighted by molar-refractivity contribution is 9.10. The Morgan fingerprint density at radius 1 is 1.28 bits per heavy atom. The van der Waals surface area contributed by atoms with Crippen LogP contribution in [0.2, 0.25) is 0 Å². The standard InChI is InChI=1S/C13H9BrFN3/c14-11-4-13(8-17-7-11)18-6-10-1-9(5-16)2-12(15)3-10/h1-4,7-8,18H,6H2. The number of anilines is 1. The van der Waals surface area contributed by atoms with E-state index in [1.165, 1.54) is 12.1 Å². The Balaban J connectivity index is 2.11. The summed E-state index contributed by atoms with van der Waals surface area (Å²) in [7, 11) is 0. The predicted molar refractivity (Wildman–Crippen MR) is 70.4 cm³/mol. The molecule has 2 aromatic rings. The molecule has 0 saturated carbocycles. The zero-order valence-corrected chi connectivity index (χ0v) is 10.9. The molecule has 3 nitrogen and oxygen atoms in total. The fourth-order valence-electron chi connectivity index (χ4n) is 1.53. The molecule has 1 aromatic carbocycles. The first-order valence-corrected chi connectivity index (χ1v) is 6.00. The molecule has 0 unspecified atom stereocenters. The Morgan fingerprint density at radius 3 is 2.83 bits per heavy atom. The van der Waals surface area contributed by atoms with Gasteiger partial charge in [-0.3, -0.25) is 4.98 Å². The smallest absolute Gasteiger partial charge is 0.124 e. The summed E-state index contributed by atoms with van der Waals surface area (Å²) in [6.45, 7) is 0.435. The van der Waals surface area contributed by atoms with Crippen LogP contribution in [0.25, 0.3) is 0 Å². The van der Waals surface area contributed by atoms with Gasteiger partial charge in [0.1, 0.15) is 5.82 Å². The molecule has 0 saturated heterocycles. The van der Waals surface area contributed by atoms with Gasteiger partial charge in [0.15, 0.2) is 0 Å². The zero-order valence-electron chi connectivity index (χ0n) is 9.32. The van der Waals surface area contributed by atoms with E-state index in [1.54, 1.807) is 18.5 Å². The van der Waals surface area contributed by atoms with Crippen molar-refractivity contribution in [1.82, 2.24) is 4.98 Å². The Morgan fingerprint density at radius 2 is 2.11 bits per heavy atom. The third-order valence-corrected chi connectivity index (χ3v) is 2.72. The zero-order chi connectivity index (χ0) is 13.0. The van der Waals surface area contributed by atoms with E-state index in [0.29, 0.717) is 17.7 Å². The lowest BCUT2D eigenvalue weighted by atomic mass is 10.1. The fraction of sp³-hybridized carbons (Fsp3) is 0.0769. The summed E-state index contributed by atoms with van der Waals surface area (Å²) < 4.78 is 14.1.